The first kappa shape index (κ1) is 20.2. The zero-order valence-corrected chi connectivity index (χ0v) is 16.9. The van der Waals surface area contributed by atoms with E-state index in [1.807, 2.05) is 30.5 Å². The molecule has 140 valence electrons. The third kappa shape index (κ3) is 4.97. The van der Waals surface area contributed by atoms with Crippen LogP contribution in [0.5, 0.6) is 5.75 Å². The quantitative estimate of drug-likeness (QED) is 0.432. The van der Waals surface area contributed by atoms with E-state index in [2.05, 4.69) is 57.8 Å². The van der Waals surface area contributed by atoms with E-state index in [1.54, 1.807) is 0 Å². The lowest BCUT2D eigenvalue weighted by molar-refractivity contribution is 0.452. The second-order valence-corrected chi connectivity index (χ2v) is 7.86. The molecule has 2 aromatic carbocycles. The third-order valence-electron chi connectivity index (χ3n) is 5.15. The molecule has 1 atom stereocenters. The van der Waals surface area contributed by atoms with Gasteiger partial charge in [-0.25, -0.2) is 0 Å². The number of benzene rings is 2. The minimum Gasteiger partial charge on any atom is -0.507 e. The van der Waals surface area contributed by atoms with Crippen molar-refractivity contribution in [2.75, 3.05) is 0 Å². The Morgan fingerprint density at radius 1 is 1.12 bits per heavy atom. The number of unbranched alkanes of at least 4 members (excludes halogenated alkanes) is 2. The van der Waals surface area contributed by atoms with E-state index in [0.717, 1.165) is 23.1 Å². The maximum atomic E-state index is 10.9. The summed E-state index contributed by atoms with van der Waals surface area (Å²) in [5.41, 5.74) is 3.82. The van der Waals surface area contributed by atoms with Gasteiger partial charge in [0.25, 0.3) is 0 Å². The average molecular weight is 352 g/mol. The highest BCUT2D eigenvalue weighted by Crippen LogP contribution is 2.38. The number of nitrogens with zero attached hydrogens (tertiary/aromatic N) is 1. The fourth-order valence-electron chi connectivity index (χ4n) is 3.36. The highest BCUT2D eigenvalue weighted by Gasteiger charge is 2.27. The lowest BCUT2D eigenvalue weighted by Gasteiger charge is -2.28. The monoisotopic (exact) mass is 351 g/mol. The van der Waals surface area contributed by atoms with E-state index < -0.39 is 0 Å². The summed E-state index contributed by atoms with van der Waals surface area (Å²) in [7, 11) is 0. The highest BCUT2D eigenvalue weighted by molar-refractivity contribution is 5.85. The molecule has 0 bridgehead atoms. The Morgan fingerprint density at radius 3 is 2.46 bits per heavy atom. The van der Waals surface area contributed by atoms with Crippen LogP contribution in [-0.4, -0.2) is 17.4 Å². The smallest absolute Gasteiger partial charge is 0.128 e. The van der Waals surface area contributed by atoms with Gasteiger partial charge in [0, 0.05) is 28.8 Å². The fourth-order valence-corrected chi connectivity index (χ4v) is 3.36. The molecule has 0 amide bonds. The molecule has 0 fully saturated rings. The van der Waals surface area contributed by atoms with Gasteiger partial charge in [-0.2, -0.15) is 0 Å². The number of hydrogen-bond acceptors (Lipinski definition) is 2. The largest absolute Gasteiger partial charge is 0.507 e. The summed E-state index contributed by atoms with van der Waals surface area (Å²) in [6, 6.07) is 14.7. The maximum absolute atomic E-state index is 10.9. The minimum atomic E-state index is -0.271. The van der Waals surface area contributed by atoms with Crippen LogP contribution in [0.3, 0.4) is 0 Å². The Labute approximate surface area is 159 Å². The van der Waals surface area contributed by atoms with Crippen molar-refractivity contribution in [1.82, 2.24) is 0 Å². The van der Waals surface area contributed by atoms with Gasteiger partial charge in [-0.05, 0) is 37.5 Å². The van der Waals surface area contributed by atoms with E-state index >= 15 is 0 Å². The molecule has 2 nitrogen and oxygen atoms in total. The first-order chi connectivity index (χ1) is 12.4. The lowest BCUT2D eigenvalue weighted by atomic mass is 9.76. The summed E-state index contributed by atoms with van der Waals surface area (Å²) in [4.78, 5) is 4.68. The van der Waals surface area contributed by atoms with Gasteiger partial charge in [-0.3, -0.25) is 4.99 Å². The molecule has 0 aliphatic carbocycles. The van der Waals surface area contributed by atoms with Crippen molar-refractivity contribution < 1.29 is 5.11 Å². The van der Waals surface area contributed by atoms with Crippen LogP contribution >= 0.6 is 0 Å². The Bertz CT molecular complexity index is 731. The molecule has 0 aliphatic rings. The Morgan fingerprint density at radius 2 is 1.81 bits per heavy atom. The number of rotatable bonds is 8. The molecule has 1 N–H and O–H groups in total. The van der Waals surface area contributed by atoms with Crippen molar-refractivity contribution in [2.24, 2.45) is 4.99 Å². The molecule has 0 heterocycles. The van der Waals surface area contributed by atoms with Gasteiger partial charge in [-0.15, -0.1) is 0 Å². The molecule has 0 spiro atoms. The summed E-state index contributed by atoms with van der Waals surface area (Å²) < 4.78 is 0. The van der Waals surface area contributed by atoms with Gasteiger partial charge < -0.3 is 5.11 Å². The summed E-state index contributed by atoms with van der Waals surface area (Å²) in [6.07, 6.45) is 6.64. The van der Waals surface area contributed by atoms with Crippen LogP contribution in [-0.2, 0) is 5.41 Å². The molecule has 1 unspecified atom stereocenters. The summed E-state index contributed by atoms with van der Waals surface area (Å²) in [5.74, 6) is 0.342. The number of aliphatic imine (C=N–C) groups is 1. The van der Waals surface area contributed by atoms with Crippen molar-refractivity contribution in [3.8, 4) is 5.75 Å². The number of phenolic OH excluding ortho intramolecular Hbond substituents is 1. The molecular weight excluding hydrogens is 318 g/mol. The second-order valence-electron chi connectivity index (χ2n) is 7.86. The van der Waals surface area contributed by atoms with Crippen LogP contribution in [0, 0.1) is 6.92 Å². The van der Waals surface area contributed by atoms with Gasteiger partial charge in [0.2, 0.25) is 0 Å². The number of aryl methyl sites for hydroxylation is 1. The molecule has 0 saturated carbocycles. The first-order valence-corrected chi connectivity index (χ1v) is 9.79. The van der Waals surface area contributed by atoms with Gasteiger partial charge in [0.05, 0.1) is 0 Å². The maximum Gasteiger partial charge on any atom is 0.128 e. The number of hydrogen-bond donors (Lipinski definition) is 1. The van der Waals surface area contributed by atoms with Crippen LogP contribution in [0.25, 0.3) is 0 Å². The Balaban J connectivity index is 2.31. The molecular formula is C24H33NO. The molecule has 26 heavy (non-hydrogen) atoms. The van der Waals surface area contributed by atoms with Crippen LogP contribution in [0.4, 0.5) is 0 Å². The van der Waals surface area contributed by atoms with E-state index in [1.165, 1.54) is 24.8 Å². The van der Waals surface area contributed by atoms with Crippen molar-refractivity contribution in [2.45, 2.75) is 71.8 Å². The first-order valence-electron chi connectivity index (χ1n) is 9.79. The average Bonchev–Trinajstić information content (AvgIpc) is 2.63. The standard InChI is InChI=1S/C24H33NO/c1-6-7-9-12-19(3)25-17-20-15-18(2)16-22(23(20)26)24(4,5)21-13-10-8-11-14-21/h8,10-11,13-17,19,26H,6-7,9,12H2,1-5H3. The van der Waals surface area contributed by atoms with Gasteiger partial charge in [0.15, 0.2) is 0 Å². The van der Waals surface area contributed by atoms with Crippen molar-refractivity contribution in [1.29, 1.82) is 0 Å². The lowest BCUT2D eigenvalue weighted by Crippen LogP contribution is -2.19. The van der Waals surface area contributed by atoms with Gasteiger partial charge >= 0.3 is 0 Å². The molecule has 0 aliphatic heterocycles. The highest BCUT2D eigenvalue weighted by atomic mass is 16.3. The fraction of sp³-hybridized carbons (Fsp3) is 0.458. The van der Waals surface area contributed by atoms with Crippen molar-refractivity contribution in [3.63, 3.8) is 0 Å². The number of phenols is 1. The Hall–Kier alpha value is -2.09. The van der Waals surface area contributed by atoms with Gasteiger partial charge in [-0.1, -0.05) is 76.4 Å². The molecule has 2 rings (SSSR count). The second kappa shape index (κ2) is 9.02. The molecule has 0 saturated heterocycles. The van der Waals surface area contributed by atoms with E-state index in [0.29, 0.717) is 5.75 Å². The topological polar surface area (TPSA) is 32.6 Å². The van der Waals surface area contributed by atoms with Gasteiger partial charge in [0.1, 0.15) is 5.75 Å². The number of aromatic hydroxyl groups is 1. The summed E-state index contributed by atoms with van der Waals surface area (Å²) in [6.45, 7) is 10.8. The normalized spacial score (nSPS) is 13.3. The van der Waals surface area contributed by atoms with E-state index in [-0.39, 0.29) is 11.5 Å². The minimum absolute atomic E-state index is 0.271. The zero-order chi connectivity index (χ0) is 19.2. The third-order valence-corrected chi connectivity index (χ3v) is 5.15. The summed E-state index contributed by atoms with van der Waals surface area (Å²) >= 11 is 0. The summed E-state index contributed by atoms with van der Waals surface area (Å²) in [5, 5.41) is 10.9. The van der Waals surface area contributed by atoms with Crippen molar-refractivity contribution in [3.05, 3.63) is 64.7 Å². The molecule has 0 aromatic heterocycles. The molecule has 0 radical (unpaired) electrons. The van der Waals surface area contributed by atoms with Crippen LogP contribution in [0.1, 0.15) is 75.6 Å². The predicted molar refractivity (Wildman–Crippen MR) is 113 cm³/mol. The van der Waals surface area contributed by atoms with Crippen molar-refractivity contribution >= 4 is 6.21 Å². The van der Waals surface area contributed by atoms with Crippen LogP contribution in [0.2, 0.25) is 0 Å². The molecule has 2 aromatic rings. The zero-order valence-electron chi connectivity index (χ0n) is 16.9. The molecule has 2 heteroatoms. The van der Waals surface area contributed by atoms with Crippen LogP contribution < -0.4 is 0 Å². The SMILES string of the molecule is CCCCCC(C)N=Cc1cc(C)cc(C(C)(C)c2ccccc2)c1O. The Kier molecular flexibility index (Phi) is 7.02. The van der Waals surface area contributed by atoms with E-state index in [9.17, 15) is 5.11 Å². The van der Waals surface area contributed by atoms with E-state index in [4.69, 9.17) is 0 Å². The van der Waals surface area contributed by atoms with Crippen LogP contribution in [0.15, 0.2) is 47.5 Å². The predicted octanol–water partition coefficient (Wildman–Crippen LogP) is 6.41.